The van der Waals surface area contributed by atoms with Crippen LogP contribution >= 0.6 is 0 Å². The Kier molecular flexibility index (Phi) is 6.76. The van der Waals surface area contributed by atoms with E-state index in [0.29, 0.717) is 25.4 Å². The van der Waals surface area contributed by atoms with Crippen LogP contribution in [0, 0.1) is 13.8 Å². The zero-order chi connectivity index (χ0) is 25.1. The molecule has 0 atom stereocenters. The van der Waals surface area contributed by atoms with Gasteiger partial charge in [-0.05, 0) is 56.2 Å². The van der Waals surface area contributed by atoms with Gasteiger partial charge in [-0.1, -0.05) is 54.6 Å². The van der Waals surface area contributed by atoms with E-state index in [1.165, 1.54) is 0 Å². The Morgan fingerprint density at radius 1 is 0.861 bits per heavy atom. The maximum atomic E-state index is 13.9. The molecule has 0 saturated carbocycles. The van der Waals surface area contributed by atoms with Crippen molar-refractivity contribution in [2.45, 2.75) is 20.8 Å². The number of nitrogens with zero attached hydrogens (tertiary/aromatic N) is 4. The maximum absolute atomic E-state index is 13.9. The van der Waals surface area contributed by atoms with Crippen LogP contribution in [0.2, 0.25) is 0 Å². The number of benzene rings is 3. The molecular weight excluding hydrogens is 448 g/mol. The molecule has 0 spiro atoms. The molecule has 1 aromatic heterocycles. The number of para-hydroxylation sites is 2. The first-order chi connectivity index (χ1) is 17.5. The summed E-state index contributed by atoms with van der Waals surface area (Å²) in [6.07, 6.45) is 0. The van der Waals surface area contributed by atoms with Crippen LogP contribution in [0.4, 0.5) is 5.69 Å². The van der Waals surface area contributed by atoms with Crippen LogP contribution in [0.3, 0.4) is 0 Å². The van der Waals surface area contributed by atoms with Gasteiger partial charge in [-0.25, -0.2) is 4.68 Å². The van der Waals surface area contributed by atoms with Crippen LogP contribution in [-0.4, -0.2) is 53.4 Å². The van der Waals surface area contributed by atoms with Gasteiger partial charge >= 0.3 is 0 Å². The Bertz CT molecular complexity index is 1350. The lowest BCUT2D eigenvalue weighted by atomic mass is 10.1. The first kappa shape index (κ1) is 23.7. The van der Waals surface area contributed by atoms with E-state index in [1.807, 2.05) is 71.1 Å². The molecule has 1 fully saturated rings. The van der Waals surface area contributed by atoms with Crippen molar-refractivity contribution in [1.29, 1.82) is 0 Å². The average molecular weight is 481 g/mol. The Morgan fingerprint density at radius 2 is 1.58 bits per heavy atom. The Morgan fingerprint density at radius 3 is 2.33 bits per heavy atom. The van der Waals surface area contributed by atoms with Crippen molar-refractivity contribution in [1.82, 2.24) is 14.7 Å². The first-order valence-electron chi connectivity index (χ1n) is 12.5. The molecule has 1 amide bonds. The van der Waals surface area contributed by atoms with E-state index in [2.05, 4.69) is 43.0 Å². The van der Waals surface area contributed by atoms with Gasteiger partial charge in [0, 0.05) is 31.7 Å². The molecule has 0 unspecified atom stereocenters. The van der Waals surface area contributed by atoms with Gasteiger partial charge in [0.15, 0.2) is 0 Å². The number of hydrogen-bond acceptors (Lipinski definition) is 4. The smallest absolute Gasteiger partial charge is 0.272 e. The van der Waals surface area contributed by atoms with Gasteiger partial charge in [0.1, 0.15) is 11.4 Å². The standard InChI is InChI=1S/C30H32N4O2/c1-4-36-29-13-9-8-12-26(29)32-16-18-33(19-17-32)30(35)28-21-25(24-10-6-5-7-11-24)31-34(28)27-20-22(2)14-15-23(27)3/h5-15,20-21H,4,16-19H2,1-3H3. The number of anilines is 1. The molecule has 0 radical (unpaired) electrons. The van der Waals surface area contributed by atoms with Gasteiger partial charge < -0.3 is 14.5 Å². The normalized spacial score (nSPS) is 13.6. The third-order valence-electron chi connectivity index (χ3n) is 6.66. The molecule has 1 saturated heterocycles. The minimum atomic E-state index is 0.00308. The minimum absolute atomic E-state index is 0.00308. The van der Waals surface area contributed by atoms with Gasteiger partial charge in [0.05, 0.1) is 23.7 Å². The lowest BCUT2D eigenvalue weighted by Crippen LogP contribution is -2.49. The van der Waals surface area contributed by atoms with Crippen LogP contribution in [0.25, 0.3) is 16.9 Å². The highest BCUT2D eigenvalue weighted by molar-refractivity contribution is 5.94. The van der Waals surface area contributed by atoms with E-state index in [-0.39, 0.29) is 5.91 Å². The monoisotopic (exact) mass is 480 g/mol. The highest BCUT2D eigenvalue weighted by Gasteiger charge is 2.27. The third-order valence-corrected chi connectivity index (χ3v) is 6.66. The first-order valence-corrected chi connectivity index (χ1v) is 12.5. The molecule has 6 nitrogen and oxygen atoms in total. The number of ether oxygens (including phenoxy) is 1. The Hall–Kier alpha value is -4.06. The fourth-order valence-electron chi connectivity index (χ4n) is 4.72. The minimum Gasteiger partial charge on any atom is -0.492 e. The van der Waals surface area contributed by atoms with E-state index < -0.39 is 0 Å². The molecule has 184 valence electrons. The van der Waals surface area contributed by atoms with Gasteiger partial charge in [-0.2, -0.15) is 5.10 Å². The summed E-state index contributed by atoms with van der Waals surface area (Å²) in [6.45, 7) is 9.51. The zero-order valence-electron chi connectivity index (χ0n) is 21.1. The van der Waals surface area contributed by atoms with Crippen molar-refractivity contribution in [3.05, 3.63) is 95.7 Å². The Labute approximate surface area is 212 Å². The van der Waals surface area contributed by atoms with Gasteiger partial charge in [-0.15, -0.1) is 0 Å². The second-order valence-electron chi connectivity index (χ2n) is 9.16. The molecule has 5 rings (SSSR count). The van der Waals surface area contributed by atoms with Crippen LogP contribution in [0.15, 0.2) is 78.9 Å². The lowest BCUT2D eigenvalue weighted by molar-refractivity contribution is 0.0737. The molecule has 3 aromatic carbocycles. The molecule has 6 heteroatoms. The van der Waals surface area contributed by atoms with Crippen LogP contribution in [-0.2, 0) is 0 Å². The molecule has 4 aromatic rings. The topological polar surface area (TPSA) is 50.6 Å². The van der Waals surface area contributed by atoms with Crippen molar-refractivity contribution in [3.63, 3.8) is 0 Å². The molecule has 0 N–H and O–H groups in total. The summed E-state index contributed by atoms with van der Waals surface area (Å²) < 4.78 is 7.65. The predicted octanol–water partition coefficient (Wildman–Crippen LogP) is 5.52. The summed E-state index contributed by atoms with van der Waals surface area (Å²) >= 11 is 0. The SMILES string of the molecule is CCOc1ccccc1N1CCN(C(=O)c2cc(-c3ccccc3)nn2-c2cc(C)ccc2C)CC1. The van der Waals surface area contributed by atoms with E-state index in [9.17, 15) is 4.79 Å². The summed E-state index contributed by atoms with van der Waals surface area (Å²) in [5, 5.41) is 4.91. The van der Waals surface area contributed by atoms with Crippen molar-refractivity contribution < 1.29 is 9.53 Å². The largest absolute Gasteiger partial charge is 0.492 e. The number of aryl methyl sites for hydroxylation is 2. The maximum Gasteiger partial charge on any atom is 0.272 e. The molecule has 2 heterocycles. The van der Waals surface area contributed by atoms with Crippen LogP contribution < -0.4 is 9.64 Å². The van der Waals surface area contributed by atoms with Crippen molar-refractivity contribution in [2.75, 3.05) is 37.7 Å². The second-order valence-corrected chi connectivity index (χ2v) is 9.16. The van der Waals surface area contributed by atoms with E-state index in [4.69, 9.17) is 9.84 Å². The predicted molar refractivity (Wildman–Crippen MR) is 144 cm³/mol. The molecular formula is C30H32N4O2. The summed E-state index contributed by atoms with van der Waals surface area (Å²) in [6, 6.07) is 26.3. The number of carbonyl (C=O) groups is 1. The number of amides is 1. The summed E-state index contributed by atoms with van der Waals surface area (Å²) in [5.41, 5.74) is 6.60. The number of hydrogen-bond donors (Lipinski definition) is 0. The summed E-state index contributed by atoms with van der Waals surface area (Å²) in [4.78, 5) is 18.1. The number of rotatable bonds is 6. The van der Waals surface area contributed by atoms with Gasteiger partial charge in [0.25, 0.3) is 5.91 Å². The quantitative estimate of drug-likeness (QED) is 0.365. The molecule has 1 aliphatic rings. The zero-order valence-corrected chi connectivity index (χ0v) is 21.1. The molecule has 0 aliphatic carbocycles. The third kappa shape index (κ3) is 4.71. The van der Waals surface area contributed by atoms with Crippen molar-refractivity contribution in [3.8, 4) is 22.7 Å². The fourth-order valence-corrected chi connectivity index (χ4v) is 4.72. The molecule has 0 bridgehead atoms. The second kappa shape index (κ2) is 10.3. The van der Waals surface area contributed by atoms with Crippen LogP contribution in [0.1, 0.15) is 28.5 Å². The van der Waals surface area contributed by atoms with Crippen molar-refractivity contribution >= 4 is 11.6 Å². The highest BCUT2D eigenvalue weighted by atomic mass is 16.5. The van der Waals surface area contributed by atoms with Gasteiger partial charge in [-0.3, -0.25) is 4.79 Å². The van der Waals surface area contributed by atoms with E-state index in [1.54, 1.807) is 0 Å². The molecule has 1 aliphatic heterocycles. The van der Waals surface area contributed by atoms with Crippen LogP contribution in [0.5, 0.6) is 5.75 Å². The van der Waals surface area contributed by atoms with E-state index >= 15 is 0 Å². The van der Waals surface area contributed by atoms with Crippen molar-refractivity contribution in [2.24, 2.45) is 0 Å². The van der Waals surface area contributed by atoms with E-state index in [0.717, 1.165) is 52.6 Å². The average Bonchev–Trinajstić information content (AvgIpc) is 3.36. The number of aromatic nitrogens is 2. The highest BCUT2D eigenvalue weighted by Crippen LogP contribution is 2.30. The van der Waals surface area contributed by atoms with Gasteiger partial charge in [0.2, 0.25) is 0 Å². The summed E-state index contributed by atoms with van der Waals surface area (Å²) in [5.74, 6) is 0.892. The lowest BCUT2D eigenvalue weighted by Gasteiger charge is -2.36. The number of carbonyl (C=O) groups excluding carboxylic acids is 1. The fraction of sp³-hybridized carbons (Fsp3) is 0.267. The number of piperazine rings is 1. The summed E-state index contributed by atoms with van der Waals surface area (Å²) in [7, 11) is 0. The molecule has 36 heavy (non-hydrogen) atoms. The Balaban J connectivity index is 1.44.